The number of nitrogens with zero attached hydrogens (tertiary/aromatic N) is 1. The quantitative estimate of drug-likeness (QED) is 0.632. The zero-order chi connectivity index (χ0) is 14.8. The minimum Gasteiger partial charge on any atom is -0.406 e. The molecule has 0 fully saturated rings. The highest BCUT2D eigenvalue weighted by atomic mass is 35.5. The summed E-state index contributed by atoms with van der Waals surface area (Å²) in [6.45, 7) is 0. The summed E-state index contributed by atoms with van der Waals surface area (Å²) in [6.07, 6.45) is -4.16. The molecule has 3 nitrogen and oxygen atoms in total. The molecule has 0 N–H and O–H groups in total. The van der Waals surface area contributed by atoms with Crippen molar-refractivity contribution in [3.63, 3.8) is 0 Å². The molecular weight excluding hydrogens is 295 g/mol. The van der Waals surface area contributed by atoms with Gasteiger partial charge < -0.3 is 4.74 Å². The summed E-state index contributed by atoms with van der Waals surface area (Å²) < 4.78 is 39.8. The summed E-state index contributed by atoms with van der Waals surface area (Å²) in [6, 6.07) is 8.21. The van der Waals surface area contributed by atoms with E-state index in [4.69, 9.17) is 11.6 Å². The summed E-state index contributed by atoms with van der Waals surface area (Å²) in [5, 5.41) is 0.0353. The number of halogens is 4. The number of carbonyl (C=O) groups is 1. The molecule has 0 aliphatic heterocycles. The summed E-state index contributed by atoms with van der Waals surface area (Å²) in [5.41, 5.74) is 1.24. The lowest BCUT2D eigenvalue weighted by Crippen LogP contribution is -2.16. The molecule has 0 spiro atoms. The monoisotopic (exact) mass is 301 g/mol. The molecule has 0 unspecified atom stereocenters. The second-order valence-corrected chi connectivity index (χ2v) is 4.12. The third-order valence-electron chi connectivity index (χ3n) is 2.39. The number of rotatable bonds is 3. The van der Waals surface area contributed by atoms with E-state index in [1.54, 1.807) is 6.07 Å². The van der Waals surface area contributed by atoms with Crippen molar-refractivity contribution in [2.24, 2.45) is 0 Å². The van der Waals surface area contributed by atoms with Crippen LogP contribution in [0.1, 0.15) is 10.4 Å². The lowest BCUT2D eigenvalue weighted by atomic mass is 10.1. The van der Waals surface area contributed by atoms with Crippen LogP contribution in [0.3, 0.4) is 0 Å². The van der Waals surface area contributed by atoms with Crippen molar-refractivity contribution in [1.82, 2.24) is 4.98 Å². The highest BCUT2D eigenvalue weighted by Crippen LogP contribution is 2.26. The molecule has 1 aromatic carbocycles. The van der Waals surface area contributed by atoms with Crippen molar-refractivity contribution < 1.29 is 22.7 Å². The maximum Gasteiger partial charge on any atom is 0.573 e. The number of hydrogen-bond donors (Lipinski definition) is 0. The molecule has 2 aromatic rings. The topological polar surface area (TPSA) is 39.2 Å². The lowest BCUT2D eigenvalue weighted by molar-refractivity contribution is -0.274. The highest BCUT2D eigenvalue weighted by Gasteiger charge is 2.30. The Bertz CT molecular complexity index is 627. The van der Waals surface area contributed by atoms with Gasteiger partial charge in [0, 0.05) is 5.56 Å². The maximum absolute atomic E-state index is 12.0. The van der Waals surface area contributed by atoms with Crippen molar-refractivity contribution in [2.45, 2.75) is 6.36 Å². The molecule has 0 saturated heterocycles. The highest BCUT2D eigenvalue weighted by molar-refractivity contribution is 6.31. The first-order valence-corrected chi connectivity index (χ1v) is 5.75. The van der Waals surface area contributed by atoms with Crippen molar-refractivity contribution in [2.75, 3.05) is 0 Å². The fourth-order valence-corrected chi connectivity index (χ4v) is 1.72. The Morgan fingerprint density at radius 1 is 1.10 bits per heavy atom. The van der Waals surface area contributed by atoms with Crippen LogP contribution in [0.15, 0.2) is 36.4 Å². The van der Waals surface area contributed by atoms with E-state index in [1.807, 2.05) is 0 Å². The van der Waals surface area contributed by atoms with Crippen molar-refractivity contribution in [3.05, 3.63) is 47.1 Å². The molecule has 1 aromatic heterocycles. The van der Waals surface area contributed by atoms with Gasteiger partial charge in [0.15, 0.2) is 6.29 Å². The predicted octanol–water partition coefficient (Wildman–Crippen LogP) is 4.11. The molecule has 0 saturated carbocycles. The van der Waals surface area contributed by atoms with Crippen molar-refractivity contribution in [1.29, 1.82) is 0 Å². The molecule has 1 heterocycles. The molecule has 0 atom stereocenters. The van der Waals surface area contributed by atoms with E-state index in [9.17, 15) is 18.0 Å². The van der Waals surface area contributed by atoms with E-state index in [0.29, 0.717) is 17.5 Å². The van der Waals surface area contributed by atoms with Crippen molar-refractivity contribution >= 4 is 17.9 Å². The summed E-state index contributed by atoms with van der Waals surface area (Å²) in [7, 11) is 0. The smallest absolute Gasteiger partial charge is 0.406 e. The number of hydrogen-bond acceptors (Lipinski definition) is 3. The molecular formula is C13H7ClF3NO2. The molecule has 7 heteroatoms. The van der Waals surface area contributed by atoms with Gasteiger partial charge in [-0.15, -0.1) is 13.2 Å². The number of aldehydes is 1. The van der Waals surface area contributed by atoms with Gasteiger partial charge in [-0.3, -0.25) is 4.79 Å². The van der Waals surface area contributed by atoms with Crippen LogP contribution in [0, 0.1) is 0 Å². The molecule has 0 aliphatic carbocycles. The molecule has 0 aliphatic rings. The molecule has 20 heavy (non-hydrogen) atoms. The molecule has 2 rings (SSSR count). The second kappa shape index (κ2) is 5.50. The van der Waals surface area contributed by atoms with Crippen LogP contribution in [0.5, 0.6) is 5.75 Å². The van der Waals surface area contributed by atoms with E-state index in [1.165, 1.54) is 30.3 Å². The van der Waals surface area contributed by atoms with E-state index in [2.05, 4.69) is 9.72 Å². The molecule has 0 amide bonds. The van der Waals surface area contributed by atoms with E-state index in [-0.39, 0.29) is 16.5 Å². The van der Waals surface area contributed by atoms with E-state index < -0.39 is 6.36 Å². The van der Waals surface area contributed by atoms with Crippen LogP contribution < -0.4 is 4.74 Å². The summed E-state index contributed by atoms with van der Waals surface area (Å²) in [5.74, 6) is -0.322. The summed E-state index contributed by atoms with van der Waals surface area (Å²) in [4.78, 5) is 14.6. The Morgan fingerprint density at radius 2 is 1.75 bits per heavy atom. The van der Waals surface area contributed by atoms with Gasteiger partial charge >= 0.3 is 6.36 Å². The first kappa shape index (κ1) is 14.3. The number of aromatic nitrogens is 1. The minimum absolute atomic E-state index is 0.0353. The van der Waals surface area contributed by atoms with Crippen LogP contribution in [0.2, 0.25) is 5.15 Å². The van der Waals surface area contributed by atoms with Gasteiger partial charge in [0.1, 0.15) is 10.9 Å². The number of alkyl halides is 3. The van der Waals surface area contributed by atoms with Gasteiger partial charge in [-0.2, -0.15) is 0 Å². The molecule has 0 bridgehead atoms. The van der Waals surface area contributed by atoms with Gasteiger partial charge in [0.05, 0.1) is 11.3 Å². The number of benzene rings is 1. The lowest BCUT2D eigenvalue weighted by Gasteiger charge is -2.09. The van der Waals surface area contributed by atoms with Crippen LogP contribution in [0.25, 0.3) is 11.3 Å². The zero-order valence-electron chi connectivity index (χ0n) is 9.82. The fourth-order valence-electron chi connectivity index (χ4n) is 1.52. The van der Waals surface area contributed by atoms with E-state index in [0.717, 1.165) is 0 Å². The Balaban J connectivity index is 2.26. The third-order valence-corrected chi connectivity index (χ3v) is 2.69. The van der Waals surface area contributed by atoms with Crippen LogP contribution in [0.4, 0.5) is 13.2 Å². The third kappa shape index (κ3) is 3.48. The Labute approximate surface area is 117 Å². The first-order chi connectivity index (χ1) is 9.39. The minimum atomic E-state index is -4.73. The van der Waals surface area contributed by atoms with Gasteiger partial charge in [-0.25, -0.2) is 4.98 Å². The van der Waals surface area contributed by atoms with Gasteiger partial charge in [0.2, 0.25) is 0 Å². The van der Waals surface area contributed by atoms with Crippen LogP contribution >= 0.6 is 11.6 Å². The van der Waals surface area contributed by atoms with Gasteiger partial charge in [-0.05, 0) is 36.4 Å². The second-order valence-electron chi connectivity index (χ2n) is 3.77. The standard InChI is InChI=1S/C13H7ClF3NO2/c14-12-9(7-19)3-6-11(18-12)8-1-4-10(5-2-8)20-13(15,16)17/h1-7H. The van der Waals surface area contributed by atoms with Crippen LogP contribution in [-0.4, -0.2) is 17.6 Å². The van der Waals surface area contributed by atoms with Crippen molar-refractivity contribution in [3.8, 4) is 17.0 Å². The van der Waals surface area contributed by atoms with E-state index >= 15 is 0 Å². The molecule has 104 valence electrons. The van der Waals surface area contributed by atoms with Crippen LogP contribution in [-0.2, 0) is 0 Å². The predicted molar refractivity (Wildman–Crippen MR) is 66.8 cm³/mol. The first-order valence-electron chi connectivity index (χ1n) is 5.37. The zero-order valence-corrected chi connectivity index (χ0v) is 10.6. The Hall–Kier alpha value is -2.08. The summed E-state index contributed by atoms with van der Waals surface area (Å²) >= 11 is 5.78. The number of ether oxygens (including phenoxy) is 1. The molecule has 0 radical (unpaired) electrons. The average molecular weight is 302 g/mol. The fraction of sp³-hybridized carbons (Fsp3) is 0.0769. The normalized spacial score (nSPS) is 11.2. The number of carbonyl (C=O) groups excluding carboxylic acids is 1. The average Bonchev–Trinajstić information content (AvgIpc) is 2.37. The van der Waals surface area contributed by atoms with Gasteiger partial charge in [0.25, 0.3) is 0 Å². The maximum atomic E-state index is 12.0. The Morgan fingerprint density at radius 3 is 2.25 bits per heavy atom. The van der Waals surface area contributed by atoms with Gasteiger partial charge in [-0.1, -0.05) is 11.6 Å². The largest absolute Gasteiger partial charge is 0.573 e. The SMILES string of the molecule is O=Cc1ccc(-c2ccc(OC(F)(F)F)cc2)nc1Cl. The number of pyridine rings is 1. The Kier molecular flexibility index (Phi) is 3.94.